The highest BCUT2D eigenvalue weighted by molar-refractivity contribution is 5.94. The third kappa shape index (κ3) is 3.61. The normalized spacial score (nSPS) is 15.4. The zero-order valence-electron chi connectivity index (χ0n) is 15.5. The second-order valence-corrected chi connectivity index (χ2v) is 6.82. The van der Waals surface area contributed by atoms with Gasteiger partial charge in [0.25, 0.3) is 0 Å². The molecular weight excluding hydrogens is 385 g/mol. The maximum Gasteiger partial charge on any atom is 0.417 e. The van der Waals surface area contributed by atoms with Crippen LogP contribution in [0.15, 0.2) is 24.7 Å². The van der Waals surface area contributed by atoms with Crippen molar-refractivity contribution in [2.45, 2.75) is 25.1 Å². The Balaban J connectivity index is 1.80. The topological polar surface area (TPSA) is 90.7 Å². The number of fused-ring (bicyclic) bond motifs is 1. The van der Waals surface area contributed by atoms with Crippen molar-refractivity contribution in [2.75, 3.05) is 25.2 Å². The number of halogens is 3. The van der Waals surface area contributed by atoms with E-state index in [1.807, 2.05) is 18.0 Å². The number of aromatic nitrogens is 4. The fraction of sp³-hybridized carbons (Fsp3) is 0.368. The van der Waals surface area contributed by atoms with Gasteiger partial charge in [-0.1, -0.05) is 0 Å². The van der Waals surface area contributed by atoms with Gasteiger partial charge in [-0.2, -0.15) is 18.4 Å². The van der Waals surface area contributed by atoms with E-state index in [9.17, 15) is 18.4 Å². The molecular formula is C19H17F3N6O. The molecule has 1 aliphatic heterocycles. The van der Waals surface area contributed by atoms with Crippen LogP contribution in [0.3, 0.4) is 0 Å². The van der Waals surface area contributed by atoms with Gasteiger partial charge in [0.1, 0.15) is 11.7 Å². The number of nitrogens with one attached hydrogen (secondary N) is 1. The Bertz CT molecular complexity index is 1080. The van der Waals surface area contributed by atoms with E-state index in [1.54, 1.807) is 0 Å². The van der Waals surface area contributed by atoms with Crippen molar-refractivity contribution in [1.29, 1.82) is 5.26 Å². The van der Waals surface area contributed by atoms with E-state index in [0.29, 0.717) is 24.7 Å². The number of anilines is 1. The second kappa shape index (κ2) is 7.33. The average Bonchev–Trinajstić information content (AvgIpc) is 3.16. The van der Waals surface area contributed by atoms with E-state index < -0.39 is 11.7 Å². The number of ether oxygens (including phenoxy) is 1. The predicted molar refractivity (Wildman–Crippen MR) is 99.1 cm³/mol. The lowest BCUT2D eigenvalue weighted by atomic mass is 10.1. The summed E-state index contributed by atoms with van der Waals surface area (Å²) in [5.74, 6) is 0.403. The van der Waals surface area contributed by atoms with Crippen LogP contribution in [0.25, 0.3) is 22.3 Å². The summed E-state index contributed by atoms with van der Waals surface area (Å²) >= 11 is 0. The van der Waals surface area contributed by atoms with Crippen molar-refractivity contribution in [2.24, 2.45) is 0 Å². The monoisotopic (exact) mass is 402 g/mol. The number of rotatable bonds is 3. The van der Waals surface area contributed by atoms with Crippen molar-refractivity contribution >= 4 is 17.0 Å². The van der Waals surface area contributed by atoms with Crippen LogP contribution >= 0.6 is 0 Å². The second-order valence-electron chi connectivity index (χ2n) is 6.82. The average molecular weight is 402 g/mol. The molecule has 1 aliphatic rings. The van der Waals surface area contributed by atoms with E-state index in [2.05, 4.69) is 19.9 Å². The molecule has 0 bridgehead atoms. The van der Waals surface area contributed by atoms with Crippen molar-refractivity contribution in [3.8, 4) is 17.3 Å². The van der Waals surface area contributed by atoms with Gasteiger partial charge in [-0.25, -0.2) is 15.0 Å². The van der Waals surface area contributed by atoms with E-state index in [0.717, 1.165) is 25.1 Å². The van der Waals surface area contributed by atoms with Crippen molar-refractivity contribution in [3.63, 3.8) is 0 Å². The van der Waals surface area contributed by atoms with Gasteiger partial charge in [0, 0.05) is 49.6 Å². The first-order valence-corrected chi connectivity index (χ1v) is 9.01. The number of H-pyrrole nitrogens is 1. The Morgan fingerprint density at radius 2 is 2.00 bits per heavy atom. The number of hydrogen-bond donors (Lipinski definition) is 1. The molecule has 1 N–H and O–H groups in total. The summed E-state index contributed by atoms with van der Waals surface area (Å²) in [7, 11) is 1.86. The standard InChI is InChI=1S/C19H17F3N6O/c1-28(13-2-4-29-5-3-13)18-26-8-11(7-23)16(27-18)15-10-25-17-14(15)6-12(9-24-17)19(20,21)22/h6,8-10,13H,2-5H2,1H3,(H,24,25). The van der Waals surface area contributed by atoms with Crippen LogP contribution in [0.1, 0.15) is 24.0 Å². The molecule has 150 valence electrons. The Labute approximate surface area is 164 Å². The first-order valence-electron chi connectivity index (χ1n) is 9.01. The van der Waals surface area contributed by atoms with Gasteiger partial charge < -0.3 is 14.6 Å². The molecule has 29 heavy (non-hydrogen) atoms. The Morgan fingerprint density at radius 1 is 1.24 bits per heavy atom. The van der Waals surface area contributed by atoms with Crippen molar-refractivity contribution in [3.05, 3.63) is 35.8 Å². The Morgan fingerprint density at radius 3 is 2.69 bits per heavy atom. The molecule has 1 fully saturated rings. The van der Waals surface area contributed by atoms with Crippen LogP contribution in [0, 0.1) is 11.3 Å². The fourth-order valence-electron chi connectivity index (χ4n) is 3.42. The molecule has 10 heteroatoms. The Kier molecular flexibility index (Phi) is 4.84. The summed E-state index contributed by atoms with van der Waals surface area (Å²) in [6, 6.07) is 3.22. The molecule has 4 rings (SSSR count). The van der Waals surface area contributed by atoms with Crippen molar-refractivity contribution < 1.29 is 17.9 Å². The van der Waals surface area contributed by atoms with Gasteiger partial charge in [0.05, 0.1) is 23.0 Å². The molecule has 0 radical (unpaired) electrons. The summed E-state index contributed by atoms with van der Waals surface area (Å²) in [6.45, 7) is 1.29. The third-order valence-corrected chi connectivity index (χ3v) is 5.06. The molecule has 0 amide bonds. The lowest BCUT2D eigenvalue weighted by Gasteiger charge is -2.31. The first kappa shape index (κ1) is 19.1. The van der Waals surface area contributed by atoms with Crippen LogP contribution in [0.2, 0.25) is 0 Å². The minimum Gasteiger partial charge on any atom is -0.381 e. The maximum absolute atomic E-state index is 13.1. The zero-order chi connectivity index (χ0) is 20.6. The van der Waals surface area contributed by atoms with Crippen LogP contribution in [0.4, 0.5) is 19.1 Å². The van der Waals surface area contributed by atoms with E-state index >= 15 is 0 Å². The van der Waals surface area contributed by atoms with E-state index in [-0.39, 0.29) is 28.3 Å². The number of aromatic amines is 1. The van der Waals surface area contributed by atoms with E-state index in [1.165, 1.54) is 12.4 Å². The lowest BCUT2D eigenvalue weighted by molar-refractivity contribution is -0.137. The van der Waals surface area contributed by atoms with Gasteiger partial charge in [-0.15, -0.1) is 0 Å². The molecule has 3 aromatic heterocycles. The number of nitrogens with zero attached hydrogens (tertiary/aromatic N) is 5. The molecule has 0 spiro atoms. The largest absolute Gasteiger partial charge is 0.417 e. The van der Waals surface area contributed by atoms with Gasteiger partial charge in [0.2, 0.25) is 5.95 Å². The maximum atomic E-state index is 13.1. The van der Waals surface area contributed by atoms with Gasteiger partial charge in [0.15, 0.2) is 0 Å². The quantitative estimate of drug-likeness (QED) is 0.721. The highest BCUT2D eigenvalue weighted by Gasteiger charge is 2.32. The molecule has 0 atom stereocenters. The molecule has 4 heterocycles. The number of nitriles is 1. The SMILES string of the molecule is CN(c1ncc(C#N)c(-c2c[nH]c3ncc(C(F)(F)F)cc23)n1)C1CCOCC1. The predicted octanol–water partition coefficient (Wildman–Crippen LogP) is 3.53. The molecule has 0 unspecified atom stereocenters. The van der Waals surface area contributed by atoms with Crippen LogP contribution in [0.5, 0.6) is 0 Å². The molecule has 3 aromatic rings. The van der Waals surface area contributed by atoms with Gasteiger partial charge in [-0.3, -0.25) is 0 Å². The Hall–Kier alpha value is -3.19. The van der Waals surface area contributed by atoms with E-state index in [4.69, 9.17) is 4.74 Å². The summed E-state index contributed by atoms with van der Waals surface area (Å²) < 4.78 is 44.8. The lowest BCUT2D eigenvalue weighted by Crippen LogP contribution is -2.37. The van der Waals surface area contributed by atoms with Crippen molar-refractivity contribution in [1.82, 2.24) is 19.9 Å². The molecule has 7 nitrogen and oxygen atoms in total. The fourth-order valence-corrected chi connectivity index (χ4v) is 3.42. The summed E-state index contributed by atoms with van der Waals surface area (Å²) in [6.07, 6.45) is 0.806. The molecule has 0 aromatic carbocycles. The summed E-state index contributed by atoms with van der Waals surface area (Å²) in [5, 5.41) is 9.73. The van der Waals surface area contributed by atoms with Gasteiger partial charge >= 0.3 is 6.18 Å². The zero-order valence-corrected chi connectivity index (χ0v) is 15.5. The first-order chi connectivity index (χ1) is 13.9. The highest BCUT2D eigenvalue weighted by Crippen LogP contribution is 2.35. The smallest absolute Gasteiger partial charge is 0.381 e. The van der Waals surface area contributed by atoms with Crippen LogP contribution in [-0.4, -0.2) is 46.2 Å². The minimum absolute atomic E-state index is 0.174. The molecule has 1 saturated heterocycles. The van der Waals surface area contributed by atoms with Crippen LogP contribution in [-0.2, 0) is 10.9 Å². The van der Waals surface area contributed by atoms with Gasteiger partial charge in [-0.05, 0) is 18.9 Å². The minimum atomic E-state index is -4.52. The number of pyridine rings is 1. The molecule has 0 aliphatic carbocycles. The molecule has 0 saturated carbocycles. The summed E-state index contributed by atoms with van der Waals surface area (Å²) in [4.78, 5) is 17.4. The number of alkyl halides is 3. The number of hydrogen-bond acceptors (Lipinski definition) is 6. The highest BCUT2D eigenvalue weighted by atomic mass is 19.4. The third-order valence-electron chi connectivity index (χ3n) is 5.06. The van der Waals surface area contributed by atoms with Crippen LogP contribution < -0.4 is 4.90 Å². The summed E-state index contributed by atoms with van der Waals surface area (Å²) in [5.41, 5.74) is 0.239.